The van der Waals surface area contributed by atoms with Crippen molar-refractivity contribution in [3.8, 4) is 5.75 Å². The highest BCUT2D eigenvalue weighted by Crippen LogP contribution is 2.28. The molecule has 1 fully saturated rings. The number of rotatable bonds is 8. The molecule has 7 heteroatoms. The standard InChI is InChI=1S/C23H29N5O2/c1-30-21-11-5-4-10-20(21)28-16-14-27(15-17-28)13-7-6-12-24-23(29)22-18-8-2-3-9-19(18)25-26-22/h2-5,8-11H,6-7,12-17H2,1H3,(H,24,29)(H,25,26). The number of benzene rings is 2. The summed E-state index contributed by atoms with van der Waals surface area (Å²) >= 11 is 0. The van der Waals surface area contributed by atoms with Crippen molar-refractivity contribution in [3.63, 3.8) is 0 Å². The van der Waals surface area contributed by atoms with Gasteiger partial charge in [0.05, 0.1) is 18.3 Å². The molecule has 0 saturated carbocycles. The number of H-pyrrole nitrogens is 1. The van der Waals surface area contributed by atoms with E-state index in [0.717, 1.165) is 62.2 Å². The lowest BCUT2D eigenvalue weighted by atomic mass is 10.2. The highest BCUT2D eigenvalue weighted by Gasteiger charge is 2.19. The van der Waals surface area contributed by atoms with Gasteiger partial charge >= 0.3 is 0 Å². The third kappa shape index (κ3) is 4.57. The van der Waals surface area contributed by atoms with Gasteiger partial charge in [-0.1, -0.05) is 30.3 Å². The van der Waals surface area contributed by atoms with Crippen LogP contribution in [0.25, 0.3) is 10.9 Å². The fourth-order valence-electron chi connectivity index (χ4n) is 3.99. The number of hydrogen-bond acceptors (Lipinski definition) is 5. The molecule has 158 valence electrons. The predicted molar refractivity (Wildman–Crippen MR) is 119 cm³/mol. The molecule has 0 atom stereocenters. The molecule has 4 rings (SSSR count). The van der Waals surface area contributed by atoms with Crippen molar-refractivity contribution in [3.05, 3.63) is 54.2 Å². The number of methoxy groups -OCH3 is 1. The Labute approximate surface area is 177 Å². The lowest BCUT2D eigenvalue weighted by Crippen LogP contribution is -2.46. The summed E-state index contributed by atoms with van der Waals surface area (Å²) in [6.45, 7) is 5.82. The fourth-order valence-corrected chi connectivity index (χ4v) is 3.99. The number of fused-ring (bicyclic) bond motifs is 1. The van der Waals surface area contributed by atoms with Gasteiger partial charge < -0.3 is 15.0 Å². The highest BCUT2D eigenvalue weighted by atomic mass is 16.5. The summed E-state index contributed by atoms with van der Waals surface area (Å²) in [6.07, 6.45) is 2.02. The monoisotopic (exact) mass is 407 g/mol. The molecule has 1 aromatic heterocycles. The zero-order valence-electron chi connectivity index (χ0n) is 17.4. The number of hydrogen-bond donors (Lipinski definition) is 2. The maximum atomic E-state index is 12.4. The Hall–Kier alpha value is -3.06. The third-order valence-corrected chi connectivity index (χ3v) is 5.67. The second-order valence-electron chi connectivity index (χ2n) is 7.58. The number of carbonyl (C=O) groups is 1. The maximum absolute atomic E-state index is 12.4. The highest BCUT2D eigenvalue weighted by molar-refractivity contribution is 6.04. The van der Waals surface area contributed by atoms with Crippen molar-refractivity contribution >= 4 is 22.5 Å². The van der Waals surface area contributed by atoms with Crippen molar-refractivity contribution < 1.29 is 9.53 Å². The Morgan fingerprint density at radius 2 is 1.83 bits per heavy atom. The first kappa shape index (κ1) is 20.2. The smallest absolute Gasteiger partial charge is 0.272 e. The molecule has 1 aliphatic rings. The van der Waals surface area contributed by atoms with E-state index in [-0.39, 0.29) is 5.91 Å². The second kappa shape index (κ2) is 9.63. The molecule has 3 aromatic rings. The Bertz CT molecular complexity index is 978. The van der Waals surface area contributed by atoms with Gasteiger partial charge in [-0.15, -0.1) is 0 Å². The molecule has 1 amide bonds. The van der Waals surface area contributed by atoms with Crippen LogP contribution in [0.5, 0.6) is 5.75 Å². The van der Waals surface area contributed by atoms with Crippen LogP contribution in [0.1, 0.15) is 23.3 Å². The summed E-state index contributed by atoms with van der Waals surface area (Å²) in [5, 5.41) is 10.9. The largest absolute Gasteiger partial charge is 0.495 e. The number of nitrogens with one attached hydrogen (secondary N) is 2. The van der Waals surface area contributed by atoms with E-state index in [1.54, 1.807) is 7.11 Å². The molecule has 1 saturated heterocycles. The van der Waals surface area contributed by atoms with E-state index in [4.69, 9.17) is 4.74 Å². The van der Waals surface area contributed by atoms with Crippen LogP contribution in [-0.2, 0) is 0 Å². The maximum Gasteiger partial charge on any atom is 0.272 e. The van der Waals surface area contributed by atoms with Crippen LogP contribution in [0.4, 0.5) is 5.69 Å². The zero-order valence-corrected chi connectivity index (χ0v) is 17.4. The molecular weight excluding hydrogens is 378 g/mol. The summed E-state index contributed by atoms with van der Waals surface area (Å²) in [5.41, 5.74) is 2.53. The number of ether oxygens (including phenoxy) is 1. The number of amides is 1. The quantitative estimate of drug-likeness (QED) is 0.562. The lowest BCUT2D eigenvalue weighted by molar-refractivity contribution is 0.0949. The number of aromatic nitrogens is 2. The third-order valence-electron chi connectivity index (χ3n) is 5.67. The van der Waals surface area contributed by atoms with E-state index in [9.17, 15) is 4.79 Å². The van der Waals surface area contributed by atoms with Crippen molar-refractivity contribution in [1.82, 2.24) is 20.4 Å². The number of aromatic amines is 1. The fraction of sp³-hybridized carbons (Fsp3) is 0.391. The Morgan fingerprint density at radius 3 is 2.67 bits per heavy atom. The van der Waals surface area contributed by atoms with Gasteiger partial charge in [0.2, 0.25) is 0 Å². The summed E-state index contributed by atoms with van der Waals surface area (Å²) in [5.74, 6) is 0.823. The van der Waals surface area contributed by atoms with E-state index >= 15 is 0 Å². The molecule has 0 spiro atoms. The van der Waals surface area contributed by atoms with Gasteiger partial charge in [0.25, 0.3) is 5.91 Å². The zero-order chi connectivity index (χ0) is 20.8. The van der Waals surface area contributed by atoms with Gasteiger partial charge in [0, 0.05) is 38.1 Å². The van der Waals surface area contributed by atoms with Crippen LogP contribution in [-0.4, -0.2) is 67.4 Å². The average molecular weight is 408 g/mol. The van der Waals surface area contributed by atoms with Crippen LogP contribution in [0, 0.1) is 0 Å². The topological polar surface area (TPSA) is 73.5 Å². The minimum atomic E-state index is -0.113. The van der Waals surface area contributed by atoms with E-state index in [2.05, 4.69) is 37.4 Å². The lowest BCUT2D eigenvalue weighted by Gasteiger charge is -2.36. The molecule has 7 nitrogen and oxygen atoms in total. The van der Waals surface area contributed by atoms with Crippen LogP contribution in [0.3, 0.4) is 0 Å². The molecule has 0 radical (unpaired) electrons. The number of anilines is 1. The van der Waals surface area contributed by atoms with Gasteiger partial charge in [0.1, 0.15) is 5.75 Å². The first-order valence-corrected chi connectivity index (χ1v) is 10.6. The van der Waals surface area contributed by atoms with E-state index in [1.807, 2.05) is 36.4 Å². The van der Waals surface area contributed by atoms with Gasteiger partial charge in [-0.3, -0.25) is 14.8 Å². The average Bonchev–Trinajstić information content (AvgIpc) is 3.23. The Balaban J connectivity index is 1.16. The molecule has 0 unspecified atom stereocenters. The van der Waals surface area contributed by atoms with Crippen molar-refractivity contribution in [2.75, 3.05) is 51.3 Å². The van der Waals surface area contributed by atoms with E-state index in [1.165, 1.54) is 5.69 Å². The molecule has 30 heavy (non-hydrogen) atoms. The summed E-state index contributed by atoms with van der Waals surface area (Å²) in [4.78, 5) is 17.3. The molecule has 0 aliphatic carbocycles. The van der Waals surface area contributed by atoms with Crippen molar-refractivity contribution in [1.29, 1.82) is 0 Å². The number of nitrogens with zero attached hydrogens (tertiary/aromatic N) is 3. The van der Waals surface area contributed by atoms with Crippen molar-refractivity contribution in [2.24, 2.45) is 0 Å². The second-order valence-corrected chi connectivity index (χ2v) is 7.58. The Morgan fingerprint density at radius 1 is 1.07 bits per heavy atom. The normalized spacial score (nSPS) is 14.8. The summed E-state index contributed by atoms with van der Waals surface area (Å²) < 4.78 is 5.49. The molecule has 2 N–H and O–H groups in total. The van der Waals surface area contributed by atoms with Gasteiger partial charge in [0.15, 0.2) is 5.69 Å². The number of unbranched alkanes of at least 4 members (excludes halogenated alkanes) is 1. The number of carbonyl (C=O) groups excluding carboxylic acids is 1. The minimum absolute atomic E-state index is 0.113. The van der Waals surface area contributed by atoms with Crippen LogP contribution in [0.15, 0.2) is 48.5 Å². The Kier molecular flexibility index (Phi) is 6.49. The summed E-state index contributed by atoms with van der Waals surface area (Å²) in [7, 11) is 1.72. The van der Waals surface area contributed by atoms with Crippen molar-refractivity contribution in [2.45, 2.75) is 12.8 Å². The van der Waals surface area contributed by atoms with E-state index < -0.39 is 0 Å². The summed E-state index contributed by atoms with van der Waals surface area (Å²) in [6, 6.07) is 15.9. The first-order valence-electron chi connectivity index (χ1n) is 10.6. The molecule has 1 aliphatic heterocycles. The van der Waals surface area contributed by atoms with Crippen LogP contribution in [0.2, 0.25) is 0 Å². The first-order chi connectivity index (χ1) is 14.8. The van der Waals surface area contributed by atoms with Crippen LogP contribution < -0.4 is 15.0 Å². The molecule has 2 heterocycles. The number of piperazine rings is 1. The van der Waals surface area contributed by atoms with E-state index in [0.29, 0.717) is 12.2 Å². The minimum Gasteiger partial charge on any atom is -0.495 e. The molecular formula is C23H29N5O2. The van der Waals surface area contributed by atoms with Gasteiger partial charge in [-0.25, -0.2) is 0 Å². The van der Waals surface area contributed by atoms with Crippen LogP contribution >= 0.6 is 0 Å². The molecule has 0 bridgehead atoms. The van der Waals surface area contributed by atoms with Gasteiger partial charge in [-0.2, -0.15) is 5.10 Å². The predicted octanol–water partition coefficient (Wildman–Crippen LogP) is 2.90. The molecule has 2 aromatic carbocycles. The number of para-hydroxylation sites is 3. The van der Waals surface area contributed by atoms with Gasteiger partial charge in [-0.05, 0) is 37.6 Å². The SMILES string of the molecule is COc1ccccc1N1CCN(CCCCNC(=O)c2n[nH]c3ccccc23)CC1.